The predicted molar refractivity (Wildman–Crippen MR) is 116 cm³/mol. The van der Waals surface area contributed by atoms with Gasteiger partial charge in [0, 0.05) is 17.8 Å². The summed E-state index contributed by atoms with van der Waals surface area (Å²) >= 11 is 0. The summed E-state index contributed by atoms with van der Waals surface area (Å²) in [4.78, 5) is 33.4. The maximum Gasteiger partial charge on any atom is 0.290 e. The van der Waals surface area contributed by atoms with Crippen molar-refractivity contribution < 1.29 is 24.0 Å². The van der Waals surface area contributed by atoms with Gasteiger partial charge >= 0.3 is 0 Å². The first-order valence-electron chi connectivity index (χ1n) is 10.6. The highest BCUT2D eigenvalue weighted by Crippen LogP contribution is 2.39. The first-order valence-corrected chi connectivity index (χ1v) is 10.6. The Morgan fingerprint density at radius 1 is 1.16 bits per heavy atom. The molecule has 0 unspecified atom stereocenters. The summed E-state index contributed by atoms with van der Waals surface area (Å²) in [6.07, 6.45) is 3.23. The van der Waals surface area contributed by atoms with Gasteiger partial charge in [-0.05, 0) is 43.7 Å². The van der Waals surface area contributed by atoms with E-state index < -0.39 is 23.5 Å². The van der Waals surface area contributed by atoms with E-state index in [9.17, 15) is 14.7 Å². The number of hydrogen-bond donors (Lipinski definition) is 2. The number of furan rings is 1. The number of nitrogens with zero attached hydrogens (tertiary/aromatic N) is 2. The summed E-state index contributed by atoms with van der Waals surface area (Å²) < 4.78 is 5.74. The zero-order valence-corrected chi connectivity index (χ0v) is 17.7. The summed E-state index contributed by atoms with van der Waals surface area (Å²) in [6, 6.07) is 11.8. The van der Waals surface area contributed by atoms with Gasteiger partial charge in [-0.25, -0.2) is 0 Å². The number of aliphatic hydroxyl groups is 1. The van der Waals surface area contributed by atoms with E-state index in [-0.39, 0.29) is 11.3 Å². The highest BCUT2D eigenvalue weighted by molar-refractivity contribution is 6.16. The molecule has 1 amide bonds. The standard InChI is InChI=1S/C24H25N3O4/c1-3-26(4-2)13-14-27-21(16-9-11-25-12-10-16)20(23(29)24(27)30)22(28)19-15-17-7-5-6-8-18(17)31-19/h5-12,15,21,29H,3-4,13-14H2,1-2H3/p+1/t21-/m1/s1. The van der Waals surface area contributed by atoms with Crippen LogP contribution in [0, 0.1) is 0 Å². The SMILES string of the molecule is CC[NH+](CC)CCN1C(=O)C(O)=C(C(=O)c2cc3ccccc3o2)[C@H]1c1ccncc1. The van der Waals surface area contributed by atoms with Crippen molar-refractivity contribution in [3.05, 3.63) is 77.5 Å². The lowest BCUT2D eigenvalue weighted by Gasteiger charge is -2.27. The quantitative estimate of drug-likeness (QED) is 0.546. The average molecular weight is 420 g/mol. The Balaban J connectivity index is 1.73. The molecule has 3 aromatic rings. The topological polar surface area (TPSA) is 88.1 Å². The van der Waals surface area contributed by atoms with Crippen LogP contribution in [0.25, 0.3) is 11.0 Å². The number of likely N-dealkylation sites (N-methyl/N-ethyl adjacent to an activating group) is 1. The van der Waals surface area contributed by atoms with Crippen molar-refractivity contribution in [2.75, 3.05) is 26.2 Å². The Hall–Kier alpha value is -3.45. The molecule has 3 heterocycles. The van der Waals surface area contributed by atoms with E-state index >= 15 is 0 Å². The zero-order chi connectivity index (χ0) is 22.0. The zero-order valence-electron chi connectivity index (χ0n) is 17.7. The summed E-state index contributed by atoms with van der Waals surface area (Å²) in [5.74, 6) is -1.43. The number of Topliss-reactive ketones (excluding diaryl/α,β-unsaturated/α-hetero) is 1. The fourth-order valence-electron chi connectivity index (χ4n) is 4.12. The van der Waals surface area contributed by atoms with Crippen LogP contribution in [-0.2, 0) is 4.79 Å². The van der Waals surface area contributed by atoms with E-state index in [1.54, 1.807) is 41.6 Å². The lowest BCUT2D eigenvalue weighted by Crippen LogP contribution is -3.12. The molecule has 7 nitrogen and oxygen atoms in total. The van der Waals surface area contributed by atoms with Crippen LogP contribution in [-0.4, -0.2) is 52.9 Å². The summed E-state index contributed by atoms with van der Waals surface area (Å²) in [7, 11) is 0. The van der Waals surface area contributed by atoms with Gasteiger partial charge in [0.25, 0.3) is 5.91 Å². The fraction of sp³-hybridized carbons (Fsp3) is 0.292. The Morgan fingerprint density at radius 3 is 2.55 bits per heavy atom. The van der Waals surface area contributed by atoms with Crippen molar-refractivity contribution in [3.8, 4) is 0 Å². The Labute approximate surface area is 180 Å². The Kier molecular flexibility index (Phi) is 5.86. The number of para-hydroxylation sites is 1. The van der Waals surface area contributed by atoms with Gasteiger partial charge in [-0.2, -0.15) is 0 Å². The number of fused-ring (bicyclic) bond motifs is 1. The van der Waals surface area contributed by atoms with Crippen molar-refractivity contribution in [3.63, 3.8) is 0 Å². The number of amides is 1. The molecule has 0 fully saturated rings. The number of carbonyl (C=O) groups excluding carboxylic acids is 2. The fourth-order valence-corrected chi connectivity index (χ4v) is 4.12. The highest BCUT2D eigenvalue weighted by atomic mass is 16.3. The van der Waals surface area contributed by atoms with Crippen LogP contribution in [0.3, 0.4) is 0 Å². The molecule has 4 rings (SSSR count). The van der Waals surface area contributed by atoms with Crippen molar-refractivity contribution in [1.29, 1.82) is 0 Å². The van der Waals surface area contributed by atoms with Crippen LogP contribution < -0.4 is 4.90 Å². The second kappa shape index (κ2) is 8.73. The molecule has 0 aliphatic carbocycles. The molecule has 0 saturated carbocycles. The van der Waals surface area contributed by atoms with Gasteiger partial charge in [0.15, 0.2) is 11.5 Å². The van der Waals surface area contributed by atoms with Gasteiger partial charge in [0.1, 0.15) is 5.58 Å². The number of hydrogen-bond acceptors (Lipinski definition) is 5. The molecular weight excluding hydrogens is 394 g/mol. The number of quaternary nitrogens is 1. The second-order valence-electron chi connectivity index (χ2n) is 7.63. The number of ketones is 1. The number of aliphatic hydroxyl groups excluding tert-OH is 1. The normalized spacial score (nSPS) is 16.7. The Morgan fingerprint density at radius 2 is 1.87 bits per heavy atom. The minimum Gasteiger partial charge on any atom is -0.503 e. The van der Waals surface area contributed by atoms with Crippen molar-refractivity contribution in [2.45, 2.75) is 19.9 Å². The van der Waals surface area contributed by atoms with Gasteiger partial charge in [-0.3, -0.25) is 14.6 Å². The molecular formula is C24H26N3O4+. The Bertz CT molecular complexity index is 1100. The number of benzene rings is 1. The van der Waals surface area contributed by atoms with Crippen LogP contribution in [0.5, 0.6) is 0 Å². The molecule has 0 radical (unpaired) electrons. The number of rotatable bonds is 8. The molecule has 0 saturated heterocycles. The van der Waals surface area contributed by atoms with E-state index in [4.69, 9.17) is 4.42 Å². The molecule has 0 spiro atoms. The molecule has 1 aliphatic rings. The van der Waals surface area contributed by atoms with Crippen LogP contribution >= 0.6 is 0 Å². The van der Waals surface area contributed by atoms with Gasteiger partial charge in [-0.1, -0.05) is 18.2 Å². The summed E-state index contributed by atoms with van der Waals surface area (Å²) in [5.41, 5.74) is 1.35. The molecule has 7 heteroatoms. The minimum absolute atomic E-state index is 0.0461. The molecule has 2 aromatic heterocycles. The van der Waals surface area contributed by atoms with Crippen molar-refractivity contribution in [2.24, 2.45) is 0 Å². The smallest absolute Gasteiger partial charge is 0.290 e. The third-order valence-corrected chi connectivity index (χ3v) is 5.93. The highest BCUT2D eigenvalue weighted by Gasteiger charge is 2.44. The first kappa shape index (κ1) is 20.8. The lowest BCUT2D eigenvalue weighted by molar-refractivity contribution is -0.895. The molecule has 2 N–H and O–H groups in total. The lowest BCUT2D eigenvalue weighted by atomic mass is 9.95. The molecule has 1 aliphatic heterocycles. The average Bonchev–Trinajstić information content (AvgIpc) is 3.34. The predicted octanol–water partition coefficient (Wildman–Crippen LogP) is 2.33. The van der Waals surface area contributed by atoms with Crippen LogP contribution in [0.2, 0.25) is 0 Å². The molecule has 1 atom stereocenters. The summed E-state index contributed by atoms with van der Waals surface area (Å²) in [5, 5.41) is 11.5. The number of pyridine rings is 1. The second-order valence-corrected chi connectivity index (χ2v) is 7.63. The van der Waals surface area contributed by atoms with E-state index in [1.165, 1.54) is 4.90 Å². The third kappa shape index (κ3) is 3.84. The van der Waals surface area contributed by atoms with E-state index in [0.29, 0.717) is 12.1 Å². The van der Waals surface area contributed by atoms with Crippen LogP contribution in [0.4, 0.5) is 0 Å². The van der Waals surface area contributed by atoms with Gasteiger partial charge in [0.2, 0.25) is 5.78 Å². The third-order valence-electron chi connectivity index (χ3n) is 5.93. The number of carbonyl (C=O) groups is 2. The van der Waals surface area contributed by atoms with E-state index in [0.717, 1.165) is 30.6 Å². The van der Waals surface area contributed by atoms with Crippen molar-refractivity contribution >= 4 is 22.7 Å². The minimum atomic E-state index is -0.689. The number of nitrogens with one attached hydrogen (secondary N) is 1. The first-order chi connectivity index (χ1) is 15.0. The number of aromatic nitrogens is 1. The van der Waals surface area contributed by atoms with Gasteiger partial charge in [-0.15, -0.1) is 0 Å². The molecule has 160 valence electrons. The monoisotopic (exact) mass is 420 g/mol. The van der Waals surface area contributed by atoms with Gasteiger partial charge < -0.3 is 19.3 Å². The van der Waals surface area contributed by atoms with Crippen molar-refractivity contribution in [1.82, 2.24) is 9.88 Å². The van der Waals surface area contributed by atoms with E-state index in [2.05, 4.69) is 18.8 Å². The van der Waals surface area contributed by atoms with Crippen LogP contribution in [0.15, 0.2) is 70.6 Å². The van der Waals surface area contributed by atoms with E-state index in [1.807, 2.05) is 18.2 Å². The largest absolute Gasteiger partial charge is 0.503 e. The van der Waals surface area contributed by atoms with Crippen LogP contribution in [0.1, 0.15) is 36.0 Å². The summed E-state index contributed by atoms with van der Waals surface area (Å²) in [6.45, 7) is 7.20. The molecule has 0 bridgehead atoms. The maximum atomic E-state index is 13.4. The van der Waals surface area contributed by atoms with Gasteiger partial charge in [0.05, 0.1) is 37.8 Å². The molecule has 1 aromatic carbocycles. The molecule has 31 heavy (non-hydrogen) atoms. The maximum absolute atomic E-state index is 13.4.